The SMILES string of the molecule is Cn1cc(N2CCN(C(=NCC3CCOC3)NCCc3ccco3)CC2=O)cn1.I. The minimum Gasteiger partial charge on any atom is -0.469 e. The number of rotatable bonds is 6. The van der Waals surface area contributed by atoms with E-state index in [2.05, 4.69) is 10.4 Å². The van der Waals surface area contributed by atoms with Crippen molar-refractivity contribution in [2.45, 2.75) is 12.8 Å². The second-order valence-electron chi connectivity index (χ2n) is 7.49. The standard InChI is InChI=1S/C20H28N6O3.HI/c1-24-13-17(12-23-24)26-8-7-25(14-19(26)27)20(22-11-16-5-10-28-15-16)21-6-4-18-3-2-9-29-18;/h2-3,9,12-13,16H,4-8,10-11,14-15H2,1H3,(H,21,22);1H. The Morgan fingerprint density at radius 3 is 2.97 bits per heavy atom. The van der Waals surface area contributed by atoms with Crippen LogP contribution in [-0.4, -0.2) is 72.5 Å². The normalized spacial score (nSPS) is 19.8. The fraction of sp³-hybridized carbons (Fsp3) is 0.550. The maximum absolute atomic E-state index is 12.8. The van der Waals surface area contributed by atoms with E-state index >= 15 is 0 Å². The highest BCUT2D eigenvalue weighted by molar-refractivity contribution is 14.0. The fourth-order valence-corrected chi connectivity index (χ4v) is 3.64. The van der Waals surface area contributed by atoms with Gasteiger partial charge in [-0.25, -0.2) is 0 Å². The van der Waals surface area contributed by atoms with Crippen LogP contribution < -0.4 is 10.2 Å². The van der Waals surface area contributed by atoms with Crippen molar-refractivity contribution in [1.29, 1.82) is 0 Å². The monoisotopic (exact) mass is 528 g/mol. The van der Waals surface area contributed by atoms with Crippen LogP contribution in [0.2, 0.25) is 0 Å². The highest BCUT2D eigenvalue weighted by Gasteiger charge is 2.28. The number of anilines is 1. The Morgan fingerprint density at radius 2 is 2.30 bits per heavy atom. The molecular formula is C20H29IN6O3. The molecule has 2 aliphatic heterocycles. The van der Waals surface area contributed by atoms with E-state index in [1.54, 1.807) is 22.0 Å². The average molecular weight is 528 g/mol. The zero-order valence-corrected chi connectivity index (χ0v) is 19.5. The number of aliphatic imine (C=N–C) groups is 1. The Kier molecular flexibility index (Phi) is 8.14. The van der Waals surface area contributed by atoms with E-state index in [1.807, 2.05) is 30.3 Å². The van der Waals surface area contributed by atoms with E-state index < -0.39 is 0 Å². The highest BCUT2D eigenvalue weighted by atomic mass is 127. The lowest BCUT2D eigenvalue weighted by Crippen LogP contribution is -2.55. The third kappa shape index (κ3) is 5.75. The highest BCUT2D eigenvalue weighted by Crippen LogP contribution is 2.17. The Hall–Kier alpha value is -2.08. The van der Waals surface area contributed by atoms with Gasteiger partial charge in [-0.1, -0.05) is 0 Å². The number of carbonyl (C=O) groups excluding carboxylic acids is 1. The lowest BCUT2D eigenvalue weighted by Gasteiger charge is -2.35. The predicted octanol–water partition coefficient (Wildman–Crippen LogP) is 1.50. The average Bonchev–Trinajstić information content (AvgIpc) is 3.47. The first-order valence-electron chi connectivity index (χ1n) is 10.1. The van der Waals surface area contributed by atoms with Crippen LogP contribution in [0.15, 0.2) is 40.2 Å². The summed E-state index contributed by atoms with van der Waals surface area (Å²) in [4.78, 5) is 21.4. The molecule has 2 aromatic rings. The van der Waals surface area contributed by atoms with E-state index in [9.17, 15) is 4.79 Å². The molecule has 2 saturated heterocycles. The maximum Gasteiger partial charge on any atom is 0.246 e. The number of hydrogen-bond acceptors (Lipinski definition) is 5. The van der Waals surface area contributed by atoms with Crippen molar-refractivity contribution in [1.82, 2.24) is 20.0 Å². The summed E-state index contributed by atoms with van der Waals surface area (Å²) >= 11 is 0. The molecule has 9 nitrogen and oxygen atoms in total. The maximum atomic E-state index is 12.8. The van der Waals surface area contributed by atoms with Gasteiger partial charge < -0.3 is 24.3 Å². The number of piperazine rings is 1. The molecule has 0 aromatic carbocycles. The van der Waals surface area contributed by atoms with Crippen molar-refractivity contribution < 1.29 is 13.9 Å². The van der Waals surface area contributed by atoms with Gasteiger partial charge in [0.2, 0.25) is 5.91 Å². The first kappa shape index (κ1) is 22.6. The molecular weight excluding hydrogens is 499 g/mol. The number of aromatic nitrogens is 2. The summed E-state index contributed by atoms with van der Waals surface area (Å²) in [5.41, 5.74) is 0.838. The summed E-state index contributed by atoms with van der Waals surface area (Å²) in [5, 5.41) is 7.59. The molecule has 0 radical (unpaired) electrons. The van der Waals surface area contributed by atoms with Crippen molar-refractivity contribution in [3.8, 4) is 0 Å². The van der Waals surface area contributed by atoms with Crippen LogP contribution in [0, 0.1) is 5.92 Å². The first-order chi connectivity index (χ1) is 14.2. The summed E-state index contributed by atoms with van der Waals surface area (Å²) in [5.74, 6) is 2.21. The van der Waals surface area contributed by atoms with Crippen LogP contribution in [-0.2, 0) is 23.0 Å². The number of carbonyl (C=O) groups is 1. The van der Waals surface area contributed by atoms with Crippen molar-refractivity contribution >= 4 is 41.5 Å². The number of nitrogens with one attached hydrogen (secondary N) is 1. The van der Waals surface area contributed by atoms with E-state index in [-0.39, 0.29) is 29.9 Å². The predicted molar refractivity (Wildman–Crippen MR) is 124 cm³/mol. The number of amides is 1. The Morgan fingerprint density at radius 1 is 1.40 bits per heavy atom. The van der Waals surface area contributed by atoms with Crippen LogP contribution in [0.4, 0.5) is 5.69 Å². The fourth-order valence-electron chi connectivity index (χ4n) is 3.64. The molecule has 1 unspecified atom stereocenters. The Labute approximate surface area is 193 Å². The van der Waals surface area contributed by atoms with Gasteiger partial charge in [-0.3, -0.25) is 14.5 Å². The van der Waals surface area contributed by atoms with Crippen LogP contribution in [0.3, 0.4) is 0 Å². The van der Waals surface area contributed by atoms with E-state index in [1.165, 1.54) is 0 Å². The van der Waals surface area contributed by atoms with E-state index in [0.717, 1.165) is 43.5 Å². The third-order valence-corrected chi connectivity index (χ3v) is 5.28. The number of hydrogen-bond donors (Lipinski definition) is 1. The second kappa shape index (κ2) is 10.8. The molecule has 0 saturated carbocycles. The largest absolute Gasteiger partial charge is 0.469 e. The van der Waals surface area contributed by atoms with Gasteiger partial charge in [0.15, 0.2) is 5.96 Å². The van der Waals surface area contributed by atoms with Gasteiger partial charge in [0.1, 0.15) is 12.3 Å². The van der Waals surface area contributed by atoms with Crippen LogP contribution in [0.25, 0.3) is 0 Å². The van der Waals surface area contributed by atoms with Crippen LogP contribution >= 0.6 is 24.0 Å². The molecule has 0 aliphatic carbocycles. The van der Waals surface area contributed by atoms with Crippen molar-refractivity contribution in [2.75, 3.05) is 50.8 Å². The van der Waals surface area contributed by atoms with Gasteiger partial charge >= 0.3 is 0 Å². The minimum atomic E-state index is 0. The zero-order chi connectivity index (χ0) is 20.1. The molecule has 1 atom stereocenters. The topological polar surface area (TPSA) is 88.1 Å². The summed E-state index contributed by atoms with van der Waals surface area (Å²) in [6.07, 6.45) is 7.08. The van der Waals surface area contributed by atoms with Crippen LogP contribution in [0.1, 0.15) is 12.2 Å². The molecule has 1 N–H and O–H groups in total. The molecule has 164 valence electrons. The lowest BCUT2D eigenvalue weighted by atomic mass is 10.1. The Bertz CT molecular complexity index is 831. The number of guanidine groups is 1. The summed E-state index contributed by atoms with van der Waals surface area (Å²) in [6, 6.07) is 3.85. The van der Waals surface area contributed by atoms with Crippen molar-refractivity contribution in [3.05, 3.63) is 36.5 Å². The minimum absolute atomic E-state index is 0. The number of ether oxygens (including phenoxy) is 1. The molecule has 0 spiro atoms. The molecule has 2 aromatic heterocycles. The summed E-state index contributed by atoms with van der Waals surface area (Å²) < 4.78 is 12.6. The quantitative estimate of drug-likeness (QED) is 0.348. The number of furan rings is 1. The van der Waals surface area contributed by atoms with Crippen LogP contribution in [0.5, 0.6) is 0 Å². The Balaban J connectivity index is 0.00000256. The second-order valence-corrected chi connectivity index (χ2v) is 7.49. The zero-order valence-electron chi connectivity index (χ0n) is 17.2. The number of nitrogens with zero attached hydrogens (tertiary/aromatic N) is 5. The van der Waals surface area contributed by atoms with Gasteiger partial charge in [0.25, 0.3) is 0 Å². The lowest BCUT2D eigenvalue weighted by molar-refractivity contribution is -0.120. The molecule has 0 bridgehead atoms. The molecule has 2 aliphatic rings. The van der Waals surface area contributed by atoms with Gasteiger partial charge in [-0.2, -0.15) is 5.10 Å². The molecule has 1 amide bonds. The van der Waals surface area contributed by atoms with E-state index in [4.69, 9.17) is 14.1 Å². The van der Waals surface area contributed by atoms with Gasteiger partial charge in [0, 0.05) is 58.4 Å². The first-order valence-corrected chi connectivity index (χ1v) is 10.1. The van der Waals surface area contributed by atoms with Crippen molar-refractivity contribution in [2.24, 2.45) is 18.0 Å². The van der Waals surface area contributed by atoms with E-state index in [0.29, 0.717) is 38.6 Å². The summed E-state index contributed by atoms with van der Waals surface area (Å²) in [6.45, 7) is 4.60. The van der Waals surface area contributed by atoms with Gasteiger partial charge in [-0.15, -0.1) is 24.0 Å². The number of halogens is 1. The van der Waals surface area contributed by atoms with Crippen molar-refractivity contribution in [3.63, 3.8) is 0 Å². The third-order valence-electron chi connectivity index (χ3n) is 5.28. The smallest absolute Gasteiger partial charge is 0.246 e. The number of aryl methyl sites for hydroxylation is 1. The van der Waals surface area contributed by atoms with Gasteiger partial charge in [0.05, 0.1) is 24.8 Å². The molecule has 10 heteroatoms. The molecule has 4 rings (SSSR count). The molecule has 2 fully saturated rings. The van der Waals surface area contributed by atoms with Gasteiger partial charge in [-0.05, 0) is 18.6 Å². The molecule has 4 heterocycles. The summed E-state index contributed by atoms with van der Waals surface area (Å²) in [7, 11) is 1.85. The molecule has 30 heavy (non-hydrogen) atoms.